The van der Waals surface area contributed by atoms with Gasteiger partial charge in [-0.15, -0.1) is 11.3 Å². The molecule has 6 rings (SSSR count). The van der Waals surface area contributed by atoms with Crippen molar-refractivity contribution < 1.29 is 0 Å². The normalized spacial score (nSPS) is 23.6. The third-order valence-corrected chi connectivity index (χ3v) is 7.85. The van der Waals surface area contributed by atoms with E-state index in [4.69, 9.17) is 4.98 Å². The van der Waals surface area contributed by atoms with Crippen LogP contribution in [0.15, 0.2) is 41.9 Å². The molecule has 1 aliphatic carbocycles. The summed E-state index contributed by atoms with van der Waals surface area (Å²) in [5.41, 5.74) is 2.34. The van der Waals surface area contributed by atoms with Crippen molar-refractivity contribution in [1.29, 1.82) is 0 Å². The van der Waals surface area contributed by atoms with Gasteiger partial charge < -0.3 is 4.90 Å². The quantitative estimate of drug-likeness (QED) is 0.594. The highest BCUT2D eigenvalue weighted by molar-refractivity contribution is 7.09. The molecule has 5 heterocycles. The first-order chi connectivity index (χ1) is 14.8. The Kier molecular flexibility index (Phi) is 5.02. The van der Waals surface area contributed by atoms with Crippen LogP contribution in [0.5, 0.6) is 0 Å². The van der Waals surface area contributed by atoms with E-state index in [9.17, 15) is 0 Å². The van der Waals surface area contributed by atoms with Gasteiger partial charge in [0, 0.05) is 56.9 Å². The van der Waals surface area contributed by atoms with Crippen LogP contribution in [0.2, 0.25) is 0 Å². The number of pyridine rings is 1. The highest BCUT2D eigenvalue weighted by Gasteiger charge is 2.34. The van der Waals surface area contributed by atoms with E-state index in [1.807, 2.05) is 11.3 Å². The molecule has 0 N–H and O–H groups in total. The number of hydrogen-bond acceptors (Lipinski definition) is 5. The highest BCUT2D eigenvalue weighted by atomic mass is 32.1. The lowest BCUT2D eigenvalue weighted by Crippen LogP contribution is -2.48. The predicted octanol–water partition coefficient (Wildman–Crippen LogP) is 4.26. The smallest absolute Gasteiger partial charge is 0.138 e. The maximum Gasteiger partial charge on any atom is 0.138 e. The second kappa shape index (κ2) is 7.98. The third kappa shape index (κ3) is 3.77. The summed E-state index contributed by atoms with van der Waals surface area (Å²) in [7, 11) is 0. The molecule has 0 unspecified atom stereocenters. The van der Waals surface area contributed by atoms with Gasteiger partial charge in [-0.3, -0.25) is 14.2 Å². The van der Waals surface area contributed by atoms with Crippen molar-refractivity contribution in [3.05, 3.63) is 52.5 Å². The minimum absolute atomic E-state index is 0.394. The summed E-state index contributed by atoms with van der Waals surface area (Å²) < 4.78 is 2.34. The fourth-order valence-corrected chi connectivity index (χ4v) is 5.90. The van der Waals surface area contributed by atoms with Gasteiger partial charge in [-0.1, -0.05) is 12.1 Å². The zero-order valence-corrected chi connectivity index (χ0v) is 18.4. The minimum Gasteiger partial charge on any atom is -0.358 e. The number of nitrogens with zero attached hydrogens (tertiary/aromatic N) is 5. The number of fused-ring (bicyclic) bond motifs is 1. The molecule has 6 heteroatoms. The minimum atomic E-state index is 0.394. The van der Waals surface area contributed by atoms with Crippen LogP contribution in [0, 0.1) is 5.92 Å². The van der Waals surface area contributed by atoms with E-state index < -0.39 is 0 Å². The van der Waals surface area contributed by atoms with Crippen LogP contribution < -0.4 is 4.90 Å². The Morgan fingerprint density at radius 2 is 1.90 bits per heavy atom. The van der Waals surface area contributed by atoms with Crippen molar-refractivity contribution in [1.82, 2.24) is 19.2 Å². The molecule has 3 aromatic rings. The summed E-state index contributed by atoms with van der Waals surface area (Å²) in [5.74, 6) is 2.22. The predicted molar refractivity (Wildman–Crippen MR) is 123 cm³/mol. The molecular formula is C24H31N5S. The maximum atomic E-state index is 5.15. The average molecular weight is 422 g/mol. The van der Waals surface area contributed by atoms with Gasteiger partial charge in [0.15, 0.2) is 0 Å². The van der Waals surface area contributed by atoms with E-state index in [1.165, 1.54) is 61.7 Å². The molecule has 2 saturated heterocycles. The third-order valence-electron chi connectivity index (χ3n) is 6.99. The molecule has 0 amide bonds. The van der Waals surface area contributed by atoms with Crippen molar-refractivity contribution in [3.8, 4) is 0 Å². The molecule has 158 valence electrons. The van der Waals surface area contributed by atoms with Gasteiger partial charge >= 0.3 is 0 Å². The van der Waals surface area contributed by atoms with E-state index in [0.29, 0.717) is 6.04 Å². The number of anilines is 1. The second-order valence-corrected chi connectivity index (χ2v) is 10.3. The van der Waals surface area contributed by atoms with Crippen molar-refractivity contribution in [2.45, 2.75) is 38.3 Å². The summed E-state index contributed by atoms with van der Waals surface area (Å²) in [5, 5.41) is 2.19. The summed E-state index contributed by atoms with van der Waals surface area (Å²) >= 11 is 1.87. The fourth-order valence-electron chi connectivity index (χ4n) is 5.15. The molecule has 0 spiro atoms. The summed E-state index contributed by atoms with van der Waals surface area (Å²) in [6.07, 6.45) is 7.75. The van der Waals surface area contributed by atoms with E-state index in [0.717, 1.165) is 37.7 Å². The van der Waals surface area contributed by atoms with Gasteiger partial charge in [0.1, 0.15) is 11.5 Å². The molecule has 3 aliphatic rings. The van der Waals surface area contributed by atoms with Crippen molar-refractivity contribution in [3.63, 3.8) is 0 Å². The molecule has 0 bridgehead atoms. The molecule has 0 radical (unpaired) electrons. The monoisotopic (exact) mass is 421 g/mol. The maximum absolute atomic E-state index is 5.15. The highest BCUT2D eigenvalue weighted by Crippen LogP contribution is 2.35. The molecule has 2 aliphatic heterocycles. The largest absolute Gasteiger partial charge is 0.358 e. The number of thiophene rings is 1. The molecule has 3 aromatic heterocycles. The average Bonchev–Trinajstić information content (AvgIpc) is 3.21. The van der Waals surface area contributed by atoms with Gasteiger partial charge in [-0.05, 0) is 55.2 Å². The topological polar surface area (TPSA) is 27.0 Å². The van der Waals surface area contributed by atoms with Crippen molar-refractivity contribution >= 4 is 22.8 Å². The first-order valence-corrected chi connectivity index (χ1v) is 12.4. The van der Waals surface area contributed by atoms with E-state index in [2.05, 4.69) is 61.0 Å². The number of piperazine rings is 1. The lowest BCUT2D eigenvalue weighted by molar-refractivity contribution is 0.0645. The van der Waals surface area contributed by atoms with Crippen LogP contribution in [0.4, 0.5) is 5.82 Å². The first kappa shape index (κ1) is 18.8. The molecule has 5 nitrogen and oxygen atoms in total. The summed E-state index contributed by atoms with van der Waals surface area (Å²) in [4.78, 5) is 14.5. The number of aromatic nitrogens is 2. The Morgan fingerprint density at radius 3 is 2.70 bits per heavy atom. The summed E-state index contributed by atoms with van der Waals surface area (Å²) in [6, 6.07) is 11.4. The van der Waals surface area contributed by atoms with Gasteiger partial charge in [0.25, 0.3) is 0 Å². The van der Waals surface area contributed by atoms with E-state index >= 15 is 0 Å². The van der Waals surface area contributed by atoms with Crippen LogP contribution in [0.1, 0.15) is 42.3 Å². The molecule has 1 saturated carbocycles. The second-order valence-electron chi connectivity index (χ2n) is 9.24. The van der Waals surface area contributed by atoms with Crippen molar-refractivity contribution in [2.75, 3.05) is 44.2 Å². The molecule has 30 heavy (non-hydrogen) atoms. The van der Waals surface area contributed by atoms with E-state index in [1.54, 1.807) is 0 Å². The molecule has 0 aromatic carbocycles. The number of rotatable bonds is 6. The molecular weight excluding hydrogens is 390 g/mol. The van der Waals surface area contributed by atoms with Crippen molar-refractivity contribution in [2.24, 2.45) is 5.92 Å². The Labute approximate surface area is 182 Å². The Morgan fingerprint density at radius 1 is 1.00 bits per heavy atom. The molecule has 1 atom stereocenters. The van der Waals surface area contributed by atoms with Gasteiger partial charge in [-0.2, -0.15) is 0 Å². The lowest BCUT2D eigenvalue weighted by Gasteiger charge is -2.40. The van der Waals surface area contributed by atoms with Gasteiger partial charge in [-0.25, -0.2) is 4.98 Å². The van der Waals surface area contributed by atoms with Crippen LogP contribution in [-0.4, -0.2) is 58.5 Å². The fraction of sp³-hybridized carbons (Fsp3) is 0.542. The number of hydrogen-bond donors (Lipinski definition) is 0. The van der Waals surface area contributed by atoms with Crippen LogP contribution >= 0.6 is 11.3 Å². The number of imidazole rings is 1. The lowest BCUT2D eigenvalue weighted by atomic mass is 10.1. The van der Waals surface area contributed by atoms with Crippen LogP contribution in [0.25, 0.3) is 5.65 Å². The van der Waals surface area contributed by atoms with Crippen LogP contribution in [0.3, 0.4) is 0 Å². The zero-order valence-electron chi connectivity index (χ0n) is 17.6. The Bertz CT molecular complexity index is 986. The summed E-state index contributed by atoms with van der Waals surface area (Å²) in [6.45, 7) is 8.03. The first-order valence-electron chi connectivity index (χ1n) is 11.6. The van der Waals surface area contributed by atoms with Crippen LogP contribution in [-0.2, 0) is 6.54 Å². The standard InChI is InChI=1S/C24H31N5S/c1-2-11-27(10-1)24-7-3-6-23-25-21(17-29(23)24)22-18-26(16-20-5-4-14-30-20)12-13-28(22)15-19-8-9-19/h3-7,14,17,19,22H,1-2,8-13,15-16,18H2/t22-/m0/s1. The van der Waals surface area contributed by atoms with Gasteiger partial charge in [0.05, 0.1) is 11.7 Å². The zero-order chi connectivity index (χ0) is 19.9. The Hall–Kier alpha value is -1.89. The Balaban J connectivity index is 1.30. The SMILES string of the molecule is c1csc(CN2CCN(CC3CC3)[C@H](c3cn4c(N5CCCC5)cccc4n3)C2)c1. The van der Waals surface area contributed by atoms with E-state index in [-0.39, 0.29) is 0 Å². The molecule has 3 fully saturated rings. The van der Waals surface area contributed by atoms with Gasteiger partial charge in [0.2, 0.25) is 0 Å².